The van der Waals surface area contributed by atoms with Crippen molar-refractivity contribution in [3.05, 3.63) is 0 Å². The minimum atomic E-state index is 1.12. The van der Waals surface area contributed by atoms with Crippen molar-refractivity contribution in [1.29, 1.82) is 0 Å². The molecule has 0 atom stereocenters. The van der Waals surface area contributed by atoms with E-state index in [0.717, 1.165) is 10.4 Å². The third-order valence-corrected chi connectivity index (χ3v) is 2.14. The molecule has 0 heterocycles. The minimum Gasteiger partial charge on any atom is -0.331 e. The number of hydrogen-bond donors (Lipinski definition) is 0. The maximum atomic E-state index is 2.27. The van der Waals surface area contributed by atoms with Gasteiger partial charge in [-0.3, -0.25) is 0 Å². The molecule has 0 aromatic heterocycles. The molecule has 60 valence electrons. The molecule has 1 aliphatic rings. The van der Waals surface area contributed by atoms with Gasteiger partial charge in [0.15, 0.2) is 0 Å². The van der Waals surface area contributed by atoms with Gasteiger partial charge in [-0.15, -0.1) is 0 Å². The average Bonchev–Trinajstić information content (AvgIpc) is 2.45. The van der Waals surface area contributed by atoms with Gasteiger partial charge in [0.25, 0.3) is 0 Å². The van der Waals surface area contributed by atoms with E-state index in [1.165, 1.54) is 32.2 Å². The zero-order chi connectivity index (χ0) is 7.61. The summed E-state index contributed by atoms with van der Waals surface area (Å²) in [6.07, 6.45) is 5.93. The zero-order valence-electron chi connectivity index (χ0n) is 7.56. The van der Waals surface area contributed by atoms with E-state index in [-0.39, 0.29) is 0 Å². The second-order valence-electron chi connectivity index (χ2n) is 4.60. The van der Waals surface area contributed by atoms with Crippen LogP contribution in [0.3, 0.4) is 0 Å². The van der Waals surface area contributed by atoms with Gasteiger partial charge in [0.05, 0.1) is 27.7 Å². The van der Waals surface area contributed by atoms with Crippen molar-refractivity contribution in [1.82, 2.24) is 0 Å². The Labute approximate surface area is 64.6 Å². The average molecular weight is 142 g/mol. The minimum absolute atomic E-state index is 1.12. The Morgan fingerprint density at radius 2 is 1.80 bits per heavy atom. The van der Waals surface area contributed by atoms with Crippen molar-refractivity contribution in [2.45, 2.75) is 25.7 Å². The fourth-order valence-electron chi connectivity index (χ4n) is 1.26. The van der Waals surface area contributed by atoms with Crippen molar-refractivity contribution in [3.8, 4) is 0 Å². The van der Waals surface area contributed by atoms with E-state index >= 15 is 0 Å². The highest BCUT2D eigenvalue weighted by Crippen LogP contribution is 2.33. The maximum absolute atomic E-state index is 2.27. The van der Waals surface area contributed by atoms with Crippen molar-refractivity contribution < 1.29 is 4.48 Å². The van der Waals surface area contributed by atoms with E-state index in [9.17, 15) is 0 Å². The van der Waals surface area contributed by atoms with Crippen LogP contribution in [-0.2, 0) is 0 Å². The molecule has 1 fully saturated rings. The van der Waals surface area contributed by atoms with Gasteiger partial charge in [0.2, 0.25) is 0 Å². The molecule has 0 N–H and O–H groups in total. The Morgan fingerprint density at radius 3 is 2.20 bits per heavy atom. The number of rotatable bonds is 4. The summed E-state index contributed by atoms with van der Waals surface area (Å²) in [7, 11) is 6.81. The van der Waals surface area contributed by atoms with Crippen molar-refractivity contribution in [3.63, 3.8) is 0 Å². The summed E-state index contributed by atoms with van der Waals surface area (Å²) < 4.78 is 1.13. The highest BCUT2D eigenvalue weighted by Gasteiger charge is 2.21. The summed E-state index contributed by atoms with van der Waals surface area (Å²) in [6, 6.07) is 0. The normalized spacial score (nSPS) is 19.5. The molecule has 1 aliphatic carbocycles. The first-order valence-corrected chi connectivity index (χ1v) is 4.38. The quantitative estimate of drug-likeness (QED) is 0.526. The van der Waals surface area contributed by atoms with Crippen LogP contribution in [0.2, 0.25) is 0 Å². The molecule has 10 heavy (non-hydrogen) atoms. The molecule has 0 aromatic rings. The Hall–Kier alpha value is -0.0400. The number of quaternary nitrogens is 1. The standard InChI is InChI=1S/C9H20N/c1-10(2,3)8-4-5-9-6-7-9/h9H,4-8H2,1-3H3/q+1. The molecule has 0 bridgehead atoms. The van der Waals surface area contributed by atoms with Gasteiger partial charge in [-0.1, -0.05) is 12.8 Å². The first kappa shape index (κ1) is 8.06. The van der Waals surface area contributed by atoms with Crippen molar-refractivity contribution in [2.24, 2.45) is 5.92 Å². The SMILES string of the molecule is C[N+](C)(C)CCCC1CC1. The fraction of sp³-hybridized carbons (Fsp3) is 1.00. The first-order chi connectivity index (χ1) is 4.58. The third-order valence-electron chi connectivity index (χ3n) is 2.14. The van der Waals surface area contributed by atoms with E-state index < -0.39 is 0 Å². The summed E-state index contributed by atoms with van der Waals surface area (Å²) in [5.74, 6) is 1.12. The second-order valence-corrected chi connectivity index (χ2v) is 4.60. The lowest BCUT2D eigenvalue weighted by atomic mass is 10.2. The molecule has 1 rings (SSSR count). The van der Waals surface area contributed by atoms with Crippen LogP contribution >= 0.6 is 0 Å². The summed E-state index contributed by atoms with van der Waals surface area (Å²) >= 11 is 0. The van der Waals surface area contributed by atoms with Gasteiger partial charge < -0.3 is 4.48 Å². The van der Waals surface area contributed by atoms with Gasteiger partial charge in [-0.2, -0.15) is 0 Å². The van der Waals surface area contributed by atoms with Gasteiger partial charge in [0.1, 0.15) is 0 Å². The predicted octanol–water partition coefficient (Wildman–Crippen LogP) is 1.88. The number of nitrogens with zero attached hydrogens (tertiary/aromatic N) is 1. The molecule has 0 saturated heterocycles. The molecular weight excluding hydrogens is 122 g/mol. The predicted molar refractivity (Wildman–Crippen MR) is 44.9 cm³/mol. The molecule has 1 heteroatoms. The van der Waals surface area contributed by atoms with Crippen LogP contribution in [0.15, 0.2) is 0 Å². The molecule has 0 aromatic carbocycles. The van der Waals surface area contributed by atoms with Crippen molar-refractivity contribution in [2.75, 3.05) is 27.7 Å². The second kappa shape index (κ2) is 2.91. The Morgan fingerprint density at radius 1 is 1.20 bits per heavy atom. The van der Waals surface area contributed by atoms with Crippen LogP contribution in [0.5, 0.6) is 0 Å². The Balaban J connectivity index is 1.93. The lowest BCUT2D eigenvalue weighted by Gasteiger charge is -2.23. The summed E-state index contributed by atoms with van der Waals surface area (Å²) in [5, 5.41) is 0. The Bertz CT molecular complexity index is 97.8. The van der Waals surface area contributed by atoms with E-state index in [1.54, 1.807) is 0 Å². The largest absolute Gasteiger partial charge is 0.331 e. The topological polar surface area (TPSA) is 0 Å². The summed E-state index contributed by atoms with van der Waals surface area (Å²) in [4.78, 5) is 0. The van der Waals surface area contributed by atoms with E-state index in [0.29, 0.717) is 0 Å². The van der Waals surface area contributed by atoms with E-state index in [4.69, 9.17) is 0 Å². The molecule has 0 unspecified atom stereocenters. The molecule has 0 radical (unpaired) electrons. The summed E-state index contributed by atoms with van der Waals surface area (Å²) in [5.41, 5.74) is 0. The van der Waals surface area contributed by atoms with Crippen LogP contribution in [0.25, 0.3) is 0 Å². The maximum Gasteiger partial charge on any atom is 0.0780 e. The molecule has 1 saturated carbocycles. The smallest absolute Gasteiger partial charge is 0.0780 e. The lowest BCUT2D eigenvalue weighted by molar-refractivity contribution is -0.870. The lowest BCUT2D eigenvalue weighted by Crippen LogP contribution is -2.35. The Kier molecular flexibility index (Phi) is 2.35. The first-order valence-electron chi connectivity index (χ1n) is 4.38. The van der Waals surface area contributed by atoms with Gasteiger partial charge in [-0.25, -0.2) is 0 Å². The van der Waals surface area contributed by atoms with Crippen LogP contribution < -0.4 is 0 Å². The van der Waals surface area contributed by atoms with Gasteiger partial charge in [0, 0.05) is 0 Å². The summed E-state index contributed by atoms with van der Waals surface area (Å²) in [6.45, 7) is 1.34. The molecule has 0 amide bonds. The van der Waals surface area contributed by atoms with Gasteiger partial charge in [-0.05, 0) is 18.8 Å². The van der Waals surface area contributed by atoms with E-state index in [1.807, 2.05) is 0 Å². The molecular formula is C9H20N+. The van der Waals surface area contributed by atoms with E-state index in [2.05, 4.69) is 21.1 Å². The monoisotopic (exact) mass is 142 g/mol. The highest BCUT2D eigenvalue weighted by molar-refractivity contribution is 4.72. The van der Waals surface area contributed by atoms with Gasteiger partial charge >= 0.3 is 0 Å². The molecule has 0 aliphatic heterocycles. The van der Waals surface area contributed by atoms with Crippen LogP contribution in [0.1, 0.15) is 25.7 Å². The van der Waals surface area contributed by atoms with Crippen LogP contribution in [-0.4, -0.2) is 32.2 Å². The highest BCUT2D eigenvalue weighted by atomic mass is 15.3. The number of hydrogen-bond acceptors (Lipinski definition) is 0. The van der Waals surface area contributed by atoms with Crippen LogP contribution in [0.4, 0.5) is 0 Å². The zero-order valence-corrected chi connectivity index (χ0v) is 7.56. The van der Waals surface area contributed by atoms with Crippen molar-refractivity contribution >= 4 is 0 Å². The van der Waals surface area contributed by atoms with Crippen LogP contribution in [0, 0.1) is 5.92 Å². The fourth-order valence-corrected chi connectivity index (χ4v) is 1.26. The molecule has 0 spiro atoms. The third kappa shape index (κ3) is 3.89. The molecule has 1 nitrogen and oxygen atoms in total.